The van der Waals surface area contributed by atoms with Crippen molar-refractivity contribution in [2.75, 3.05) is 0 Å². The Bertz CT molecular complexity index is 779. The van der Waals surface area contributed by atoms with Crippen molar-refractivity contribution in [1.29, 1.82) is 0 Å². The number of aryl methyl sites for hydroxylation is 1. The Hall–Kier alpha value is -1.93. The van der Waals surface area contributed by atoms with Crippen LogP contribution in [0.1, 0.15) is 46.9 Å². The lowest BCUT2D eigenvalue weighted by atomic mass is 9.68. The molecule has 0 aliphatic carbocycles. The summed E-state index contributed by atoms with van der Waals surface area (Å²) in [7, 11) is 0. The number of rotatable bonds is 1. The van der Waals surface area contributed by atoms with Crippen molar-refractivity contribution in [2.24, 2.45) is 0 Å². The molecule has 0 aromatic heterocycles. The van der Waals surface area contributed by atoms with Gasteiger partial charge in [-0.05, 0) is 36.5 Å². The van der Waals surface area contributed by atoms with Gasteiger partial charge < -0.3 is 0 Å². The third-order valence-corrected chi connectivity index (χ3v) is 6.17. The van der Waals surface area contributed by atoms with Crippen molar-refractivity contribution in [1.82, 2.24) is 4.90 Å². The summed E-state index contributed by atoms with van der Waals surface area (Å²) < 4.78 is 0. The molecule has 2 heteroatoms. The van der Waals surface area contributed by atoms with Crippen molar-refractivity contribution in [3.05, 3.63) is 70.8 Å². The van der Waals surface area contributed by atoms with Gasteiger partial charge in [0, 0.05) is 18.5 Å². The molecule has 2 fully saturated rings. The molecule has 1 unspecified atom stereocenters. The first-order valence-electron chi connectivity index (χ1n) is 8.68. The van der Waals surface area contributed by atoms with Gasteiger partial charge in [-0.1, -0.05) is 54.1 Å². The third kappa shape index (κ3) is 1.82. The molecule has 3 aliphatic rings. The molecule has 2 nitrogen and oxygen atoms in total. The second-order valence-corrected chi connectivity index (χ2v) is 7.35. The van der Waals surface area contributed by atoms with Crippen molar-refractivity contribution in [3.8, 4) is 0 Å². The van der Waals surface area contributed by atoms with Gasteiger partial charge in [0.25, 0.3) is 0 Å². The zero-order valence-electron chi connectivity index (χ0n) is 13.4. The van der Waals surface area contributed by atoms with Crippen LogP contribution in [0.2, 0.25) is 0 Å². The lowest BCUT2D eigenvalue weighted by Gasteiger charge is -2.48. The fourth-order valence-electron chi connectivity index (χ4n) is 5.15. The smallest absolute Gasteiger partial charge is 0.158 e. The Morgan fingerprint density at radius 3 is 2.61 bits per heavy atom. The van der Waals surface area contributed by atoms with Gasteiger partial charge in [-0.25, -0.2) is 0 Å². The average Bonchev–Trinajstić information content (AvgIpc) is 2.92. The van der Waals surface area contributed by atoms with Gasteiger partial charge in [-0.15, -0.1) is 0 Å². The molecule has 2 aromatic carbocycles. The quantitative estimate of drug-likeness (QED) is 0.799. The minimum atomic E-state index is 0.0331. The summed E-state index contributed by atoms with van der Waals surface area (Å²) in [4.78, 5) is 15.7. The minimum absolute atomic E-state index is 0.0331. The largest absolute Gasteiger partial charge is 0.297 e. The minimum Gasteiger partial charge on any atom is -0.297 e. The standard InChI is InChI=1S/C21H21NO/c1-13-6-8-14(9-7-13)19-20-16-5-3-2-4-15(16)12-22-17(20)10-11-18(22)21(19)23/h2-9,17-20H,10-12H2,1H3/t17-,18+,19-,20-/m1/s1. The summed E-state index contributed by atoms with van der Waals surface area (Å²) in [6.45, 7) is 3.06. The van der Waals surface area contributed by atoms with Crippen LogP contribution in [0, 0.1) is 6.92 Å². The number of hydrogen-bond donors (Lipinski definition) is 0. The van der Waals surface area contributed by atoms with E-state index in [0.29, 0.717) is 17.7 Å². The fraction of sp³-hybridized carbons (Fsp3) is 0.381. The Kier molecular flexibility index (Phi) is 2.81. The predicted molar refractivity (Wildman–Crippen MR) is 90.5 cm³/mol. The molecule has 3 heterocycles. The molecule has 0 amide bonds. The Morgan fingerprint density at radius 2 is 1.78 bits per heavy atom. The summed E-state index contributed by atoms with van der Waals surface area (Å²) in [5, 5.41) is 0. The number of carbonyl (C=O) groups is 1. The topological polar surface area (TPSA) is 20.3 Å². The first-order chi connectivity index (χ1) is 11.2. The van der Waals surface area contributed by atoms with Gasteiger partial charge in [-0.2, -0.15) is 0 Å². The zero-order chi connectivity index (χ0) is 15.6. The normalized spacial score (nSPS) is 34.3. The maximum absolute atomic E-state index is 13.3. The second-order valence-electron chi connectivity index (χ2n) is 7.35. The van der Waals surface area contributed by atoms with Crippen LogP contribution in [0.5, 0.6) is 0 Å². The molecule has 0 N–H and O–H groups in total. The highest BCUT2D eigenvalue weighted by molar-refractivity contribution is 5.93. The van der Waals surface area contributed by atoms with E-state index in [1.807, 2.05) is 0 Å². The van der Waals surface area contributed by atoms with Gasteiger partial charge in [0.05, 0.1) is 12.0 Å². The first-order valence-corrected chi connectivity index (χ1v) is 8.68. The van der Waals surface area contributed by atoms with Gasteiger partial charge in [0.1, 0.15) is 0 Å². The number of hydrogen-bond acceptors (Lipinski definition) is 2. The first kappa shape index (κ1) is 13.5. The molecular formula is C21H21NO. The van der Waals surface area contributed by atoms with E-state index in [-0.39, 0.29) is 12.0 Å². The molecule has 2 saturated heterocycles. The van der Waals surface area contributed by atoms with Crippen LogP contribution in [0.25, 0.3) is 0 Å². The van der Waals surface area contributed by atoms with E-state index in [1.54, 1.807) is 0 Å². The van der Waals surface area contributed by atoms with Crippen molar-refractivity contribution >= 4 is 5.78 Å². The van der Waals surface area contributed by atoms with Crippen LogP contribution in [-0.2, 0) is 11.3 Å². The summed E-state index contributed by atoms with van der Waals surface area (Å²) in [6.07, 6.45) is 2.20. The monoisotopic (exact) mass is 303 g/mol. The molecule has 0 radical (unpaired) electrons. The lowest BCUT2D eigenvalue weighted by Crippen LogP contribution is -2.54. The molecule has 0 spiro atoms. The zero-order valence-corrected chi connectivity index (χ0v) is 13.4. The maximum atomic E-state index is 13.3. The molecule has 0 saturated carbocycles. The SMILES string of the molecule is Cc1ccc([C@H]2C(=O)[C@@H]3CC[C@@H]4[C@H]2c2ccccc2CN43)cc1. The van der Waals surface area contributed by atoms with E-state index in [0.717, 1.165) is 19.4 Å². The molecule has 5 atom stereocenters. The van der Waals surface area contributed by atoms with Crippen LogP contribution in [0.4, 0.5) is 0 Å². The fourth-order valence-corrected chi connectivity index (χ4v) is 5.15. The van der Waals surface area contributed by atoms with E-state index in [1.165, 1.54) is 22.3 Å². The van der Waals surface area contributed by atoms with Crippen molar-refractivity contribution < 1.29 is 4.79 Å². The summed E-state index contributed by atoms with van der Waals surface area (Å²) >= 11 is 0. The van der Waals surface area contributed by atoms with Gasteiger partial charge in [-0.3, -0.25) is 9.69 Å². The van der Waals surface area contributed by atoms with Crippen LogP contribution in [0.15, 0.2) is 48.5 Å². The second kappa shape index (κ2) is 4.78. The van der Waals surface area contributed by atoms with E-state index in [2.05, 4.69) is 60.4 Å². The predicted octanol–water partition coefficient (Wildman–Crippen LogP) is 3.79. The highest BCUT2D eigenvalue weighted by Gasteiger charge is 2.55. The molecule has 4 bridgehead atoms. The highest BCUT2D eigenvalue weighted by Crippen LogP contribution is 2.53. The van der Waals surface area contributed by atoms with E-state index in [4.69, 9.17) is 0 Å². The number of carbonyl (C=O) groups excluding carboxylic acids is 1. The van der Waals surface area contributed by atoms with Crippen LogP contribution in [0.3, 0.4) is 0 Å². The van der Waals surface area contributed by atoms with Crippen molar-refractivity contribution in [3.63, 3.8) is 0 Å². The van der Waals surface area contributed by atoms with Gasteiger partial charge >= 0.3 is 0 Å². The Labute approximate surface area is 137 Å². The third-order valence-electron chi connectivity index (χ3n) is 6.17. The van der Waals surface area contributed by atoms with E-state index in [9.17, 15) is 4.79 Å². The number of piperidine rings is 1. The van der Waals surface area contributed by atoms with E-state index >= 15 is 0 Å². The molecule has 2 aromatic rings. The molecular weight excluding hydrogens is 282 g/mol. The number of fused-ring (bicyclic) bond motifs is 2. The number of Topliss-reactive ketones (excluding diaryl/α,β-unsaturated/α-hetero) is 1. The van der Waals surface area contributed by atoms with Crippen LogP contribution in [-0.4, -0.2) is 22.8 Å². The summed E-state index contributed by atoms with van der Waals surface area (Å²) in [5.74, 6) is 0.807. The van der Waals surface area contributed by atoms with E-state index < -0.39 is 0 Å². The van der Waals surface area contributed by atoms with Gasteiger partial charge in [0.2, 0.25) is 0 Å². The maximum Gasteiger partial charge on any atom is 0.158 e. The average molecular weight is 303 g/mol. The van der Waals surface area contributed by atoms with Gasteiger partial charge in [0.15, 0.2) is 5.78 Å². The van der Waals surface area contributed by atoms with Crippen LogP contribution < -0.4 is 0 Å². The van der Waals surface area contributed by atoms with Crippen LogP contribution >= 0.6 is 0 Å². The molecule has 3 aliphatic heterocycles. The number of nitrogens with zero attached hydrogens (tertiary/aromatic N) is 1. The lowest BCUT2D eigenvalue weighted by molar-refractivity contribution is -0.130. The molecule has 23 heavy (non-hydrogen) atoms. The number of benzene rings is 2. The molecule has 5 rings (SSSR count). The molecule has 116 valence electrons. The summed E-state index contributed by atoms with van der Waals surface area (Å²) in [5.41, 5.74) is 5.29. The summed E-state index contributed by atoms with van der Waals surface area (Å²) in [6, 6.07) is 18.1. The number of ketones is 1. The Balaban J connectivity index is 1.70. The Morgan fingerprint density at radius 1 is 1.00 bits per heavy atom. The highest BCUT2D eigenvalue weighted by atomic mass is 16.1. The van der Waals surface area contributed by atoms with Crippen molar-refractivity contribution in [2.45, 2.75) is 50.2 Å².